The molecule has 3 amide bonds. The number of nitrogens with zero attached hydrogens (tertiary/aromatic N) is 1. The second-order valence-electron chi connectivity index (χ2n) is 4.87. The first kappa shape index (κ1) is 15.3. The molecule has 1 aliphatic heterocycles. The van der Waals surface area contributed by atoms with Gasteiger partial charge < -0.3 is 21.1 Å². The molecule has 1 heterocycles. The van der Waals surface area contributed by atoms with Crippen molar-refractivity contribution in [1.82, 2.24) is 10.2 Å². The summed E-state index contributed by atoms with van der Waals surface area (Å²) in [5, 5.41) is 11.3. The number of carbonyl (C=O) groups excluding carboxylic acids is 2. The van der Waals surface area contributed by atoms with Crippen molar-refractivity contribution in [2.45, 2.75) is 38.6 Å². The van der Waals surface area contributed by atoms with E-state index in [1.165, 1.54) is 0 Å². The Labute approximate surface area is 112 Å². The number of primary amides is 1. The Morgan fingerprint density at radius 2 is 2.16 bits per heavy atom. The lowest BCUT2D eigenvalue weighted by atomic mass is 9.96. The maximum Gasteiger partial charge on any atom is 0.326 e. The zero-order valence-corrected chi connectivity index (χ0v) is 11.1. The Morgan fingerprint density at radius 3 is 2.68 bits per heavy atom. The number of urea groups is 1. The van der Waals surface area contributed by atoms with E-state index in [1.54, 1.807) is 4.90 Å². The fourth-order valence-electron chi connectivity index (χ4n) is 2.22. The van der Waals surface area contributed by atoms with E-state index in [2.05, 4.69) is 12.2 Å². The molecule has 1 aliphatic rings. The monoisotopic (exact) mass is 271 g/mol. The molecule has 4 N–H and O–H groups in total. The minimum absolute atomic E-state index is 0.397. The van der Waals surface area contributed by atoms with Gasteiger partial charge in [0.15, 0.2) is 0 Å². The quantitative estimate of drug-likeness (QED) is 0.660. The molecule has 2 atom stereocenters. The second kappa shape index (κ2) is 6.96. The highest BCUT2D eigenvalue weighted by atomic mass is 16.4. The number of likely N-dealkylation sites (tertiary alicyclic amines) is 1. The van der Waals surface area contributed by atoms with Gasteiger partial charge in [0.25, 0.3) is 0 Å². The Balaban J connectivity index is 2.56. The van der Waals surface area contributed by atoms with E-state index in [1.807, 2.05) is 0 Å². The van der Waals surface area contributed by atoms with Crippen LogP contribution in [0.5, 0.6) is 0 Å². The molecular formula is C12H21N3O4. The minimum Gasteiger partial charge on any atom is -0.480 e. The molecule has 1 fully saturated rings. The molecule has 0 aromatic carbocycles. The number of amides is 3. The number of rotatable bonds is 5. The molecule has 0 aromatic heterocycles. The number of carbonyl (C=O) groups is 3. The predicted octanol–water partition coefficient (Wildman–Crippen LogP) is 0.147. The first-order valence-electron chi connectivity index (χ1n) is 6.50. The maximum absolute atomic E-state index is 12.0. The molecule has 0 bridgehead atoms. The van der Waals surface area contributed by atoms with Crippen LogP contribution in [0.3, 0.4) is 0 Å². The van der Waals surface area contributed by atoms with Gasteiger partial charge in [0.1, 0.15) is 6.04 Å². The molecule has 7 nitrogen and oxygen atoms in total. The molecule has 7 heteroatoms. The first-order chi connectivity index (χ1) is 8.93. The van der Waals surface area contributed by atoms with Crippen molar-refractivity contribution < 1.29 is 19.5 Å². The van der Waals surface area contributed by atoms with Crippen LogP contribution < -0.4 is 11.1 Å². The summed E-state index contributed by atoms with van der Waals surface area (Å²) < 4.78 is 0. The van der Waals surface area contributed by atoms with E-state index < -0.39 is 30.4 Å². The number of nitrogens with one attached hydrogen (secondary N) is 1. The summed E-state index contributed by atoms with van der Waals surface area (Å²) in [6, 6.07) is -1.70. The Kier molecular flexibility index (Phi) is 5.59. The molecule has 1 saturated heterocycles. The fraction of sp³-hybridized carbons (Fsp3) is 0.750. The van der Waals surface area contributed by atoms with Crippen LogP contribution >= 0.6 is 0 Å². The first-order valence-corrected chi connectivity index (χ1v) is 6.50. The number of piperidine rings is 1. The lowest BCUT2D eigenvalue weighted by Crippen LogP contribution is -2.51. The van der Waals surface area contributed by atoms with Gasteiger partial charge in [0.05, 0.1) is 6.42 Å². The van der Waals surface area contributed by atoms with Crippen molar-refractivity contribution in [1.29, 1.82) is 0 Å². The van der Waals surface area contributed by atoms with Crippen LogP contribution in [0, 0.1) is 5.92 Å². The van der Waals surface area contributed by atoms with Gasteiger partial charge in [-0.1, -0.05) is 13.3 Å². The summed E-state index contributed by atoms with van der Waals surface area (Å²) in [7, 11) is 0. The van der Waals surface area contributed by atoms with E-state index in [4.69, 9.17) is 10.8 Å². The number of hydrogen-bond acceptors (Lipinski definition) is 3. The van der Waals surface area contributed by atoms with Crippen LogP contribution in [0.2, 0.25) is 0 Å². The van der Waals surface area contributed by atoms with Crippen LogP contribution in [0.15, 0.2) is 0 Å². The van der Waals surface area contributed by atoms with Gasteiger partial charge in [-0.2, -0.15) is 0 Å². The van der Waals surface area contributed by atoms with Gasteiger partial charge in [-0.25, -0.2) is 9.59 Å². The highest BCUT2D eigenvalue weighted by molar-refractivity contribution is 5.87. The molecule has 1 unspecified atom stereocenters. The predicted molar refractivity (Wildman–Crippen MR) is 68.4 cm³/mol. The highest BCUT2D eigenvalue weighted by Crippen LogP contribution is 2.19. The smallest absolute Gasteiger partial charge is 0.326 e. The SMILES string of the molecule is CCC1CCCN(C(=O)N[C@H](CC(N)=O)C(=O)O)C1. The summed E-state index contributed by atoms with van der Waals surface area (Å²) >= 11 is 0. The molecule has 19 heavy (non-hydrogen) atoms. The van der Waals surface area contributed by atoms with E-state index in [0.29, 0.717) is 19.0 Å². The maximum atomic E-state index is 12.0. The van der Waals surface area contributed by atoms with E-state index in [9.17, 15) is 14.4 Å². The lowest BCUT2D eigenvalue weighted by molar-refractivity contribution is -0.141. The number of nitrogens with two attached hydrogens (primary N) is 1. The number of hydrogen-bond donors (Lipinski definition) is 3. The summed E-state index contributed by atoms with van der Waals surface area (Å²) in [5.41, 5.74) is 4.96. The molecular weight excluding hydrogens is 250 g/mol. The minimum atomic E-state index is -1.26. The van der Waals surface area contributed by atoms with Crippen LogP contribution in [0.4, 0.5) is 4.79 Å². The standard InChI is InChI=1S/C12H21N3O4/c1-2-8-4-3-5-15(7-8)12(19)14-9(11(17)18)6-10(13)16/h8-9H,2-7H2,1H3,(H2,13,16)(H,14,19)(H,17,18)/t8?,9-/m1/s1. The van der Waals surface area contributed by atoms with Crippen LogP contribution in [0.1, 0.15) is 32.6 Å². The molecule has 0 aliphatic carbocycles. The largest absolute Gasteiger partial charge is 0.480 e. The number of carboxylic acid groups (broad SMARTS) is 1. The Morgan fingerprint density at radius 1 is 1.47 bits per heavy atom. The number of carboxylic acids is 1. The van der Waals surface area contributed by atoms with Crippen molar-refractivity contribution in [2.24, 2.45) is 11.7 Å². The van der Waals surface area contributed by atoms with Gasteiger partial charge in [-0.3, -0.25) is 4.79 Å². The van der Waals surface area contributed by atoms with Gasteiger partial charge >= 0.3 is 12.0 Å². The summed E-state index contributed by atoms with van der Waals surface area (Å²) in [6.45, 7) is 3.32. The topological polar surface area (TPSA) is 113 Å². The molecule has 0 saturated carbocycles. The molecule has 108 valence electrons. The van der Waals surface area contributed by atoms with Crippen molar-refractivity contribution in [3.63, 3.8) is 0 Å². The molecule has 0 radical (unpaired) electrons. The van der Waals surface area contributed by atoms with Crippen LogP contribution in [-0.2, 0) is 9.59 Å². The summed E-state index contributed by atoms with van der Waals surface area (Å²) in [5.74, 6) is -1.55. The average molecular weight is 271 g/mol. The highest BCUT2D eigenvalue weighted by Gasteiger charge is 2.27. The normalized spacial score (nSPS) is 20.7. The lowest BCUT2D eigenvalue weighted by Gasteiger charge is -2.33. The number of aliphatic carboxylic acids is 1. The van der Waals surface area contributed by atoms with E-state index in [-0.39, 0.29) is 0 Å². The Bertz CT molecular complexity index is 359. The van der Waals surface area contributed by atoms with Crippen molar-refractivity contribution >= 4 is 17.9 Å². The van der Waals surface area contributed by atoms with Crippen molar-refractivity contribution in [3.8, 4) is 0 Å². The Hall–Kier alpha value is -1.79. The van der Waals surface area contributed by atoms with Gasteiger partial charge in [0, 0.05) is 13.1 Å². The van der Waals surface area contributed by atoms with Gasteiger partial charge in [0.2, 0.25) is 5.91 Å². The van der Waals surface area contributed by atoms with Crippen molar-refractivity contribution in [3.05, 3.63) is 0 Å². The second-order valence-corrected chi connectivity index (χ2v) is 4.87. The third-order valence-electron chi connectivity index (χ3n) is 3.38. The zero-order chi connectivity index (χ0) is 14.4. The van der Waals surface area contributed by atoms with Gasteiger partial charge in [-0.15, -0.1) is 0 Å². The van der Waals surface area contributed by atoms with E-state index in [0.717, 1.165) is 19.3 Å². The zero-order valence-electron chi connectivity index (χ0n) is 11.1. The molecule has 0 spiro atoms. The average Bonchev–Trinajstić information content (AvgIpc) is 2.37. The third-order valence-corrected chi connectivity index (χ3v) is 3.38. The fourth-order valence-corrected chi connectivity index (χ4v) is 2.22. The van der Waals surface area contributed by atoms with Gasteiger partial charge in [-0.05, 0) is 18.8 Å². The molecule has 0 aromatic rings. The molecule has 1 rings (SSSR count). The summed E-state index contributed by atoms with van der Waals surface area (Å²) in [4.78, 5) is 35.3. The third kappa shape index (κ3) is 4.76. The van der Waals surface area contributed by atoms with Crippen LogP contribution in [0.25, 0.3) is 0 Å². The summed E-state index contributed by atoms with van der Waals surface area (Å²) in [6.07, 6.45) is 2.60. The van der Waals surface area contributed by atoms with E-state index >= 15 is 0 Å². The van der Waals surface area contributed by atoms with Crippen LogP contribution in [-0.4, -0.2) is 47.0 Å². The van der Waals surface area contributed by atoms with Crippen molar-refractivity contribution in [2.75, 3.05) is 13.1 Å².